The number of rotatable bonds is 8. The molecule has 0 bridgehead atoms. The first kappa shape index (κ1) is 26.3. The number of hydrogen-bond acceptors (Lipinski definition) is 5. The second kappa shape index (κ2) is 9.74. The van der Waals surface area contributed by atoms with Gasteiger partial charge in [0, 0.05) is 24.2 Å². The fourth-order valence-electron chi connectivity index (χ4n) is 3.42. The highest BCUT2D eigenvalue weighted by Crippen LogP contribution is 2.36. The van der Waals surface area contributed by atoms with Crippen LogP contribution in [0.3, 0.4) is 0 Å². The van der Waals surface area contributed by atoms with Crippen molar-refractivity contribution < 1.29 is 39.5 Å². The van der Waals surface area contributed by atoms with Gasteiger partial charge in [-0.25, -0.2) is 12.8 Å². The Morgan fingerprint density at radius 2 is 1.94 bits per heavy atom. The van der Waals surface area contributed by atoms with Crippen LogP contribution in [0.4, 0.5) is 26.3 Å². The zero-order valence-corrected chi connectivity index (χ0v) is 19.0. The second-order valence-electron chi connectivity index (χ2n) is 7.43. The van der Waals surface area contributed by atoms with E-state index in [1.165, 1.54) is 15.4 Å². The minimum atomic E-state index is -4.80. The molecule has 7 nitrogen and oxygen atoms in total. The molecule has 0 aliphatic heterocycles. The molecule has 0 aliphatic carbocycles. The lowest BCUT2D eigenvalue weighted by molar-refractivity contribution is -0.147. The Labute approximate surface area is 196 Å². The Balaban J connectivity index is 2.14. The summed E-state index contributed by atoms with van der Waals surface area (Å²) >= 11 is 0. The number of pyridine rings is 1. The van der Waals surface area contributed by atoms with Gasteiger partial charge in [0.05, 0.1) is 22.5 Å². The molecule has 0 radical (unpaired) electrons. The van der Waals surface area contributed by atoms with Crippen molar-refractivity contribution in [1.82, 2.24) is 14.3 Å². The van der Waals surface area contributed by atoms with E-state index in [9.17, 15) is 40.0 Å². The van der Waals surface area contributed by atoms with Gasteiger partial charge in [0.1, 0.15) is 17.0 Å². The van der Waals surface area contributed by atoms with E-state index in [-0.39, 0.29) is 34.4 Å². The molecule has 0 saturated heterocycles. The van der Waals surface area contributed by atoms with Gasteiger partial charge in [-0.1, -0.05) is 6.92 Å². The first-order chi connectivity index (χ1) is 16.3. The van der Waals surface area contributed by atoms with Crippen LogP contribution in [0, 0.1) is 17.1 Å². The summed E-state index contributed by atoms with van der Waals surface area (Å²) in [7, 11) is -4.57. The van der Waals surface area contributed by atoms with Crippen molar-refractivity contribution in [2.45, 2.75) is 50.5 Å². The summed E-state index contributed by atoms with van der Waals surface area (Å²) in [6.45, 7) is -0.596. The number of hydrogen-bond donors (Lipinski definition) is 1. The molecule has 1 N–H and O–H groups in total. The summed E-state index contributed by atoms with van der Waals surface area (Å²) in [5.74, 6) is -1.84. The van der Waals surface area contributed by atoms with Crippen LogP contribution in [0.25, 0.3) is 22.3 Å². The van der Waals surface area contributed by atoms with Crippen molar-refractivity contribution in [3.8, 4) is 23.2 Å². The fraction of sp³-hybridized carbons (Fsp3) is 0.333. The number of halogens is 6. The Hall–Kier alpha value is -3.31. The van der Waals surface area contributed by atoms with Gasteiger partial charge in [-0.05, 0) is 31.5 Å². The molecule has 1 atom stereocenters. The van der Waals surface area contributed by atoms with Crippen LogP contribution in [-0.4, -0.2) is 36.8 Å². The highest BCUT2D eigenvalue weighted by Gasteiger charge is 2.39. The maximum Gasteiger partial charge on any atom is 0.404 e. The molecule has 14 heteroatoms. The van der Waals surface area contributed by atoms with Gasteiger partial charge >= 0.3 is 12.8 Å². The lowest BCUT2D eigenvalue weighted by atomic mass is 10.1. The molecule has 0 amide bonds. The van der Waals surface area contributed by atoms with Crippen molar-refractivity contribution in [3.05, 3.63) is 41.8 Å². The fourth-order valence-corrected chi connectivity index (χ4v) is 4.59. The minimum Gasteiger partial charge on any atom is -0.432 e. The Morgan fingerprint density at radius 3 is 2.46 bits per heavy atom. The first-order valence-electron chi connectivity index (χ1n) is 10.1. The number of alkyl halides is 5. The van der Waals surface area contributed by atoms with E-state index in [1.54, 1.807) is 6.92 Å². The molecule has 3 rings (SSSR count). The quantitative estimate of drug-likeness (QED) is 0.424. The molecule has 188 valence electrons. The van der Waals surface area contributed by atoms with Gasteiger partial charge in [-0.15, -0.1) is 0 Å². The molecule has 0 fully saturated rings. The van der Waals surface area contributed by atoms with E-state index in [2.05, 4.69) is 9.72 Å². The third kappa shape index (κ3) is 5.35. The highest BCUT2D eigenvalue weighted by molar-refractivity contribution is 7.89. The van der Waals surface area contributed by atoms with E-state index in [1.807, 2.05) is 6.07 Å². The van der Waals surface area contributed by atoms with Crippen LogP contribution in [0.5, 0.6) is 5.75 Å². The molecule has 0 saturated carbocycles. The van der Waals surface area contributed by atoms with Crippen molar-refractivity contribution >= 4 is 20.9 Å². The molecule has 1 aromatic carbocycles. The van der Waals surface area contributed by atoms with Crippen molar-refractivity contribution in [1.29, 1.82) is 5.26 Å². The maximum absolute atomic E-state index is 14.4. The monoisotopic (exact) mass is 520 g/mol. The predicted molar refractivity (Wildman–Crippen MR) is 113 cm³/mol. The van der Waals surface area contributed by atoms with Gasteiger partial charge < -0.3 is 9.30 Å². The standard InChI is InChI=1S/C21H18F6N4O3S/c1-3-6-31-17-8-18(34-20(23)24)15(22)7-13(17)14(9-28)19(31)16-5-4-12(10-29-16)35(32,33)30-11(2)21(25,26)27/h4-5,7-8,10-11,20,30H,3,6H2,1-2H3/t11-/m1/s1. The summed E-state index contributed by atoms with van der Waals surface area (Å²) in [6, 6.07) is 3.67. The predicted octanol–water partition coefficient (Wildman–Crippen LogP) is 4.95. The van der Waals surface area contributed by atoms with Crippen LogP contribution in [0.2, 0.25) is 0 Å². The SMILES string of the molecule is CCCn1c(-c2ccc(S(=O)(=O)N[C@H](C)C(F)(F)F)cn2)c(C#N)c2cc(F)c(OC(F)F)cc21. The Morgan fingerprint density at radius 1 is 1.26 bits per heavy atom. The topological polar surface area (TPSA) is 97.0 Å². The zero-order chi connectivity index (χ0) is 26.1. The summed E-state index contributed by atoms with van der Waals surface area (Å²) in [4.78, 5) is 3.46. The number of nitriles is 1. The number of ether oxygens (including phenoxy) is 1. The van der Waals surface area contributed by atoms with Gasteiger partial charge in [-0.3, -0.25) is 4.98 Å². The molecule has 0 unspecified atom stereocenters. The third-order valence-electron chi connectivity index (χ3n) is 5.00. The number of fused-ring (bicyclic) bond motifs is 1. The van der Waals surface area contributed by atoms with Gasteiger partial charge in [-0.2, -0.15) is 31.9 Å². The molecular weight excluding hydrogens is 502 g/mol. The normalized spacial score (nSPS) is 13.3. The van der Waals surface area contributed by atoms with Crippen LogP contribution in [0.1, 0.15) is 25.8 Å². The van der Waals surface area contributed by atoms with E-state index in [0.29, 0.717) is 13.3 Å². The number of nitrogens with zero attached hydrogens (tertiary/aromatic N) is 3. The van der Waals surface area contributed by atoms with Crippen molar-refractivity contribution in [2.24, 2.45) is 0 Å². The second-order valence-corrected chi connectivity index (χ2v) is 9.14. The third-order valence-corrected chi connectivity index (χ3v) is 6.53. The molecule has 2 heterocycles. The van der Waals surface area contributed by atoms with Crippen molar-refractivity contribution in [3.63, 3.8) is 0 Å². The average molecular weight is 520 g/mol. The lowest BCUT2D eigenvalue weighted by Gasteiger charge is -2.17. The summed E-state index contributed by atoms with van der Waals surface area (Å²) in [5, 5.41) is 9.84. The van der Waals surface area contributed by atoms with E-state index in [0.717, 1.165) is 24.4 Å². The van der Waals surface area contributed by atoms with Crippen LogP contribution in [-0.2, 0) is 16.6 Å². The van der Waals surface area contributed by atoms with Crippen LogP contribution < -0.4 is 9.46 Å². The largest absolute Gasteiger partial charge is 0.432 e. The highest BCUT2D eigenvalue weighted by atomic mass is 32.2. The number of aromatic nitrogens is 2. The summed E-state index contributed by atoms with van der Waals surface area (Å²) in [5.41, 5.74) is 0.363. The average Bonchev–Trinajstić information content (AvgIpc) is 3.05. The Kier molecular flexibility index (Phi) is 7.32. The number of sulfonamides is 1. The first-order valence-corrected chi connectivity index (χ1v) is 11.5. The van der Waals surface area contributed by atoms with Gasteiger partial charge in [0.15, 0.2) is 11.6 Å². The maximum atomic E-state index is 14.4. The number of benzene rings is 1. The molecule has 2 aromatic heterocycles. The lowest BCUT2D eigenvalue weighted by Crippen LogP contribution is -2.42. The van der Waals surface area contributed by atoms with Gasteiger partial charge in [0.2, 0.25) is 10.0 Å². The van der Waals surface area contributed by atoms with Crippen molar-refractivity contribution in [2.75, 3.05) is 0 Å². The van der Waals surface area contributed by atoms with Gasteiger partial charge in [0.25, 0.3) is 0 Å². The molecule has 35 heavy (non-hydrogen) atoms. The Bertz CT molecular complexity index is 1380. The minimum absolute atomic E-state index is 0.0529. The van der Waals surface area contributed by atoms with Crippen LogP contribution in [0.15, 0.2) is 35.4 Å². The molecular formula is C21H18F6N4O3S. The molecule has 0 spiro atoms. The smallest absolute Gasteiger partial charge is 0.404 e. The summed E-state index contributed by atoms with van der Waals surface area (Å²) < 4.78 is 110. The zero-order valence-electron chi connectivity index (χ0n) is 18.2. The van der Waals surface area contributed by atoms with Crippen LogP contribution >= 0.6 is 0 Å². The van der Waals surface area contributed by atoms with E-state index >= 15 is 0 Å². The summed E-state index contributed by atoms with van der Waals surface area (Å²) in [6.07, 6.45) is -3.47. The molecule has 0 aliphatic rings. The van der Waals surface area contributed by atoms with E-state index < -0.39 is 45.3 Å². The number of aryl methyl sites for hydroxylation is 1. The number of nitrogens with one attached hydrogen (secondary N) is 1. The molecule has 3 aromatic rings. The van der Waals surface area contributed by atoms with E-state index in [4.69, 9.17) is 0 Å².